The van der Waals surface area contributed by atoms with E-state index in [9.17, 15) is 14.9 Å². The van der Waals surface area contributed by atoms with E-state index in [1.807, 2.05) is 43.3 Å². The topological polar surface area (TPSA) is 88.3 Å². The number of nitro benzene ring substituents is 1. The van der Waals surface area contributed by atoms with Crippen molar-refractivity contribution in [1.82, 2.24) is 0 Å². The van der Waals surface area contributed by atoms with Crippen molar-refractivity contribution in [3.63, 3.8) is 0 Å². The number of rotatable bonds is 4. The van der Waals surface area contributed by atoms with Crippen molar-refractivity contribution < 1.29 is 14.5 Å². The summed E-state index contributed by atoms with van der Waals surface area (Å²) in [5, 5.41) is 17.4. The number of carbonyl (C=O) groups excluding carboxylic acids is 1. The molecule has 2 aromatic rings. The standard InChI is InChI=1S/C20H18N4O4/c1-3-28-20(25)19-21-23(17-12-15(24(26)27)10-8-13(17)2)18-11-9-14-6-4-5-7-16(14)22(18)19/h4-12,18H,3H2,1-2H3. The van der Waals surface area contributed by atoms with Crippen LogP contribution in [-0.2, 0) is 9.53 Å². The predicted octanol–water partition coefficient (Wildman–Crippen LogP) is 3.46. The van der Waals surface area contributed by atoms with Crippen LogP contribution in [0.25, 0.3) is 6.08 Å². The van der Waals surface area contributed by atoms with Gasteiger partial charge in [0.15, 0.2) is 0 Å². The van der Waals surface area contributed by atoms with Gasteiger partial charge in [0.1, 0.15) is 6.17 Å². The van der Waals surface area contributed by atoms with Crippen molar-refractivity contribution in [1.29, 1.82) is 0 Å². The Morgan fingerprint density at radius 2 is 2.04 bits per heavy atom. The third-order valence-electron chi connectivity index (χ3n) is 4.70. The van der Waals surface area contributed by atoms with Gasteiger partial charge < -0.3 is 4.74 Å². The van der Waals surface area contributed by atoms with E-state index >= 15 is 0 Å². The van der Waals surface area contributed by atoms with Crippen LogP contribution in [0, 0.1) is 17.0 Å². The van der Waals surface area contributed by atoms with Crippen LogP contribution in [0.3, 0.4) is 0 Å². The molecule has 28 heavy (non-hydrogen) atoms. The second-order valence-corrected chi connectivity index (χ2v) is 6.42. The Morgan fingerprint density at radius 1 is 1.25 bits per heavy atom. The lowest BCUT2D eigenvalue weighted by molar-refractivity contribution is -0.384. The molecule has 0 aliphatic carbocycles. The number of hydrazone groups is 1. The SMILES string of the molecule is CCOC(=O)C1=NN(c2cc([N+](=O)[O-])ccc2C)C2C=Cc3ccccc3N12. The number of nitrogens with zero attached hydrogens (tertiary/aromatic N) is 4. The molecule has 0 bridgehead atoms. The number of anilines is 2. The summed E-state index contributed by atoms with van der Waals surface area (Å²) >= 11 is 0. The normalized spacial score (nSPS) is 17.1. The van der Waals surface area contributed by atoms with Crippen LogP contribution in [0.4, 0.5) is 17.1 Å². The molecule has 0 saturated carbocycles. The van der Waals surface area contributed by atoms with Crippen molar-refractivity contribution in [2.24, 2.45) is 5.10 Å². The van der Waals surface area contributed by atoms with Gasteiger partial charge in [-0.1, -0.05) is 30.3 Å². The minimum atomic E-state index is -0.539. The number of non-ortho nitro benzene ring substituents is 1. The van der Waals surface area contributed by atoms with Gasteiger partial charge >= 0.3 is 5.97 Å². The molecule has 0 amide bonds. The number of nitro groups is 1. The Kier molecular flexibility index (Phi) is 4.31. The lowest BCUT2D eigenvalue weighted by atomic mass is 10.1. The van der Waals surface area contributed by atoms with E-state index < -0.39 is 17.1 Å². The van der Waals surface area contributed by atoms with Gasteiger partial charge in [-0.2, -0.15) is 0 Å². The van der Waals surface area contributed by atoms with Crippen molar-refractivity contribution >= 4 is 34.9 Å². The zero-order valence-electron chi connectivity index (χ0n) is 15.4. The van der Waals surface area contributed by atoms with Crippen LogP contribution in [0.15, 0.2) is 53.6 Å². The summed E-state index contributed by atoms with van der Waals surface area (Å²) < 4.78 is 5.20. The zero-order chi connectivity index (χ0) is 19.8. The molecule has 8 heteroatoms. The minimum Gasteiger partial charge on any atom is -0.460 e. The maximum absolute atomic E-state index is 12.6. The third kappa shape index (κ3) is 2.79. The zero-order valence-corrected chi connectivity index (χ0v) is 15.4. The molecular formula is C20H18N4O4. The van der Waals surface area contributed by atoms with Gasteiger partial charge in [-0.15, -0.1) is 5.10 Å². The van der Waals surface area contributed by atoms with Gasteiger partial charge in [-0.05, 0) is 37.1 Å². The third-order valence-corrected chi connectivity index (χ3v) is 4.70. The number of para-hydroxylation sites is 1. The fourth-order valence-electron chi connectivity index (χ4n) is 3.40. The second-order valence-electron chi connectivity index (χ2n) is 6.42. The summed E-state index contributed by atoms with van der Waals surface area (Å²) in [4.78, 5) is 25.2. The number of carbonyl (C=O) groups is 1. The molecule has 2 aliphatic rings. The average molecular weight is 378 g/mol. The molecule has 0 saturated heterocycles. The Balaban J connectivity index is 1.85. The van der Waals surface area contributed by atoms with Crippen molar-refractivity contribution in [2.75, 3.05) is 16.5 Å². The van der Waals surface area contributed by atoms with E-state index in [4.69, 9.17) is 4.74 Å². The highest BCUT2D eigenvalue weighted by atomic mass is 16.6. The number of aryl methyl sites for hydroxylation is 1. The first-order chi connectivity index (χ1) is 13.5. The van der Waals surface area contributed by atoms with Gasteiger partial charge in [0, 0.05) is 12.1 Å². The lowest BCUT2D eigenvalue weighted by Gasteiger charge is -2.33. The molecule has 1 atom stereocenters. The largest absolute Gasteiger partial charge is 0.460 e. The maximum Gasteiger partial charge on any atom is 0.376 e. The van der Waals surface area contributed by atoms with Crippen LogP contribution in [0.1, 0.15) is 18.1 Å². The molecule has 2 aromatic carbocycles. The smallest absolute Gasteiger partial charge is 0.376 e. The van der Waals surface area contributed by atoms with E-state index in [1.54, 1.807) is 22.9 Å². The Morgan fingerprint density at radius 3 is 2.79 bits per heavy atom. The molecule has 0 spiro atoms. The average Bonchev–Trinajstić information content (AvgIpc) is 3.08. The molecule has 2 aliphatic heterocycles. The molecule has 8 nitrogen and oxygen atoms in total. The van der Waals surface area contributed by atoms with Gasteiger partial charge in [0.2, 0.25) is 5.84 Å². The van der Waals surface area contributed by atoms with E-state index in [0.717, 1.165) is 16.8 Å². The Labute approximate surface area is 161 Å². The molecule has 2 heterocycles. The molecular weight excluding hydrogens is 360 g/mol. The number of esters is 1. The van der Waals surface area contributed by atoms with E-state index in [0.29, 0.717) is 5.69 Å². The van der Waals surface area contributed by atoms with Crippen LogP contribution < -0.4 is 9.91 Å². The van der Waals surface area contributed by atoms with Crippen LogP contribution in [0.5, 0.6) is 0 Å². The van der Waals surface area contributed by atoms with E-state index in [-0.39, 0.29) is 18.1 Å². The monoisotopic (exact) mass is 378 g/mol. The highest BCUT2D eigenvalue weighted by Crippen LogP contribution is 2.38. The molecule has 1 unspecified atom stereocenters. The highest BCUT2D eigenvalue weighted by Gasteiger charge is 2.41. The minimum absolute atomic E-state index is 0.0351. The van der Waals surface area contributed by atoms with Gasteiger partial charge in [-0.3, -0.25) is 15.0 Å². The maximum atomic E-state index is 12.6. The highest BCUT2D eigenvalue weighted by molar-refractivity contribution is 6.42. The van der Waals surface area contributed by atoms with Gasteiger partial charge in [-0.25, -0.2) is 9.80 Å². The van der Waals surface area contributed by atoms with E-state index in [2.05, 4.69) is 5.10 Å². The summed E-state index contributed by atoms with van der Waals surface area (Å²) in [6.45, 7) is 3.81. The Bertz CT molecular complexity index is 1030. The molecule has 0 N–H and O–H groups in total. The quantitative estimate of drug-likeness (QED) is 0.460. The van der Waals surface area contributed by atoms with Gasteiger partial charge in [0.25, 0.3) is 5.69 Å². The number of amidine groups is 1. The summed E-state index contributed by atoms with van der Waals surface area (Å²) in [5.41, 5.74) is 3.12. The Hall–Kier alpha value is -3.68. The van der Waals surface area contributed by atoms with Crippen LogP contribution in [-0.4, -0.2) is 29.5 Å². The fourth-order valence-corrected chi connectivity index (χ4v) is 3.40. The van der Waals surface area contributed by atoms with Crippen molar-refractivity contribution in [3.05, 3.63) is 69.8 Å². The molecule has 142 valence electrons. The summed E-state index contributed by atoms with van der Waals surface area (Å²) in [7, 11) is 0. The van der Waals surface area contributed by atoms with Crippen LogP contribution >= 0.6 is 0 Å². The molecule has 4 rings (SSSR count). The number of hydrogen-bond donors (Lipinski definition) is 0. The summed E-state index contributed by atoms with van der Waals surface area (Å²) in [6, 6.07) is 12.3. The number of hydrogen-bond acceptors (Lipinski definition) is 7. The summed E-state index contributed by atoms with van der Waals surface area (Å²) in [5.74, 6) is -0.391. The van der Waals surface area contributed by atoms with Crippen molar-refractivity contribution in [3.8, 4) is 0 Å². The lowest BCUT2D eigenvalue weighted by Crippen LogP contribution is -2.45. The number of benzene rings is 2. The van der Waals surface area contributed by atoms with Gasteiger partial charge in [0.05, 0.1) is 22.9 Å². The molecule has 0 radical (unpaired) electrons. The first-order valence-corrected chi connectivity index (χ1v) is 8.87. The number of fused-ring (bicyclic) bond motifs is 3. The second kappa shape index (κ2) is 6.80. The summed E-state index contributed by atoms with van der Waals surface area (Å²) in [6.07, 6.45) is 3.45. The fraction of sp³-hybridized carbons (Fsp3) is 0.200. The van der Waals surface area contributed by atoms with Crippen LogP contribution in [0.2, 0.25) is 0 Å². The van der Waals surface area contributed by atoms with E-state index in [1.165, 1.54) is 12.1 Å². The predicted molar refractivity (Wildman–Crippen MR) is 106 cm³/mol. The van der Waals surface area contributed by atoms with Crippen molar-refractivity contribution in [2.45, 2.75) is 20.0 Å². The molecule has 0 fully saturated rings. The number of ether oxygens (including phenoxy) is 1. The first kappa shape index (κ1) is 17.7. The first-order valence-electron chi connectivity index (χ1n) is 8.87. The molecule has 0 aromatic heterocycles.